The smallest absolute Gasteiger partial charge is 0.138 e. The van der Waals surface area contributed by atoms with Gasteiger partial charge < -0.3 is 4.42 Å². The third-order valence-electron chi connectivity index (χ3n) is 2.54. The van der Waals surface area contributed by atoms with E-state index in [1.807, 2.05) is 18.2 Å². The molecule has 0 spiro atoms. The Balaban J connectivity index is 2.70. The van der Waals surface area contributed by atoms with Crippen molar-refractivity contribution in [3.63, 3.8) is 0 Å². The number of rotatable bonds is 1. The molecule has 0 saturated carbocycles. The molecule has 0 aliphatic rings. The van der Waals surface area contributed by atoms with Crippen molar-refractivity contribution in [2.75, 3.05) is 0 Å². The van der Waals surface area contributed by atoms with Crippen LogP contribution in [-0.4, -0.2) is 0 Å². The highest BCUT2D eigenvalue weighted by Crippen LogP contribution is 2.33. The van der Waals surface area contributed by atoms with E-state index in [4.69, 9.17) is 27.6 Å². The molecule has 3 heteroatoms. The molecule has 0 unspecified atom stereocenters. The lowest BCUT2D eigenvalue weighted by Gasteiger charge is -2.13. The molecule has 0 N–H and O–H groups in total. The van der Waals surface area contributed by atoms with Crippen LogP contribution in [0.2, 0.25) is 5.02 Å². The molecule has 0 radical (unpaired) electrons. The van der Waals surface area contributed by atoms with Crippen molar-refractivity contribution in [1.29, 1.82) is 0 Å². The number of hydrogen-bond donors (Lipinski definition) is 0. The lowest BCUT2D eigenvalue weighted by atomic mass is 9.93. The van der Waals surface area contributed by atoms with E-state index in [-0.39, 0.29) is 5.41 Å². The van der Waals surface area contributed by atoms with Crippen LogP contribution in [0, 0.1) is 0 Å². The molecular formula is C13H14Cl2O. The molecular weight excluding hydrogens is 243 g/mol. The molecule has 0 saturated heterocycles. The van der Waals surface area contributed by atoms with Gasteiger partial charge in [-0.25, -0.2) is 0 Å². The number of halogens is 2. The van der Waals surface area contributed by atoms with Gasteiger partial charge in [0.1, 0.15) is 11.3 Å². The summed E-state index contributed by atoms with van der Waals surface area (Å²) in [5.74, 6) is 1.37. The summed E-state index contributed by atoms with van der Waals surface area (Å²) in [6, 6.07) is 5.80. The largest absolute Gasteiger partial charge is 0.460 e. The zero-order valence-corrected chi connectivity index (χ0v) is 11.1. The van der Waals surface area contributed by atoms with Crippen molar-refractivity contribution in [3.8, 4) is 0 Å². The summed E-state index contributed by atoms with van der Waals surface area (Å²) in [6.07, 6.45) is 0. The van der Waals surface area contributed by atoms with Crippen LogP contribution in [0.3, 0.4) is 0 Å². The topological polar surface area (TPSA) is 13.1 Å². The van der Waals surface area contributed by atoms with Crippen molar-refractivity contribution in [2.24, 2.45) is 0 Å². The van der Waals surface area contributed by atoms with Gasteiger partial charge in [-0.15, -0.1) is 11.6 Å². The lowest BCUT2D eigenvalue weighted by Crippen LogP contribution is -2.08. The Kier molecular flexibility index (Phi) is 2.93. The third kappa shape index (κ3) is 2.07. The van der Waals surface area contributed by atoms with Crippen molar-refractivity contribution >= 4 is 34.2 Å². The molecule has 1 nitrogen and oxygen atoms in total. The number of alkyl halides is 1. The van der Waals surface area contributed by atoms with Gasteiger partial charge in [0.15, 0.2) is 0 Å². The predicted molar refractivity (Wildman–Crippen MR) is 69.5 cm³/mol. The van der Waals surface area contributed by atoms with Crippen LogP contribution in [0.5, 0.6) is 0 Å². The van der Waals surface area contributed by atoms with Gasteiger partial charge in [-0.05, 0) is 18.2 Å². The van der Waals surface area contributed by atoms with E-state index in [1.165, 1.54) is 0 Å². The molecule has 0 bridgehead atoms. The molecule has 0 amide bonds. The van der Waals surface area contributed by atoms with Crippen LogP contribution in [0.4, 0.5) is 0 Å². The first-order chi connectivity index (χ1) is 7.41. The summed E-state index contributed by atoms with van der Waals surface area (Å²) >= 11 is 11.9. The van der Waals surface area contributed by atoms with Crippen LogP contribution < -0.4 is 0 Å². The Bertz CT molecular complexity index is 520. The Morgan fingerprint density at radius 2 is 1.88 bits per heavy atom. The molecule has 2 rings (SSSR count). The van der Waals surface area contributed by atoms with Gasteiger partial charge in [0, 0.05) is 21.4 Å². The lowest BCUT2D eigenvalue weighted by molar-refractivity contribution is 0.429. The fourth-order valence-electron chi connectivity index (χ4n) is 1.65. The predicted octanol–water partition coefficient (Wildman–Crippen LogP) is 5.12. The van der Waals surface area contributed by atoms with Crippen LogP contribution in [0.1, 0.15) is 32.1 Å². The molecule has 0 aliphatic heterocycles. The molecule has 0 atom stereocenters. The molecule has 0 aliphatic carbocycles. The number of furan rings is 1. The fourth-order valence-corrected chi connectivity index (χ4v) is 2.10. The van der Waals surface area contributed by atoms with Crippen LogP contribution in [0.15, 0.2) is 22.6 Å². The van der Waals surface area contributed by atoms with E-state index >= 15 is 0 Å². The first-order valence-electron chi connectivity index (χ1n) is 5.20. The highest BCUT2D eigenvalue weighted by atomic mass is 35.5. The fraction of sp³-hybridized carbons (Fsp3) is 0.385. The van der Waals surface area contributed by atoms with Gasteiger partial charge in [-0.1, -0.05) is 32.4 Å². The second kappa shape index (κ2) is 3.97. The second-order valence-corrected chi connectivity index (χ2v) is 5.68. The average Bonchev–Trinajstić information content (AvgIpc) is 2.59. The van der Waals surface area contributed by atoms with Crippen LogP contribution >= 0.6 is 23.2 Å². The summed E-state index contributed by atoms with van der Waals surface area (Å²) in [6.45, 7) is 6.35. The Hall–Kier alpha value is -0.660. The zero-order valence-electron chi connectivity index (χ0n) is 9.60. The van der Waals surface area contributed by atoms with E-state index in [1.54, 1.807) is 0 Å². The Labute approximate surface area is 105 Å². The third-order valence-corrected chi connectivity index (χ3v) is 3.05. The van der Waals surface area contributed by atoms with Gasteiger partial charge in [0.05, 0.1) is 5.88 Å². The molecule has 86 valence electrons. The van der Waals surface area contributed by atoms with Gasteiger partial charge in [0.2, 0.25) is 0 Å². The highest BCUT2D eigenvalue weighted by molar-refractivity contribution is 6.31. The summed E-state index contributed by atoms with van der Waals surface area (Å²) in [5, 5.41) is 1.72. The number of hydrogen-bond acceptors (Lipinski definition) is 1. The summed E-state index contributed by atoms with van der Waals surface area (Å²) in [7, 11) is 0. The Morgan fingerprint density at radius 3 is 2.44 bits per heavy atom. The van der Waals surface area contributed by atoms with Crippen molar-refractivity contribution in [1.82, 2.24) is 0 Å². The van der Waals surface area contributed by atoms with E-state index in [2.05, 4.69) is 20.8 Å². The Morgan fingerprint density at radius 1 is 1.19 bits per heavy atom. The summed E-state index contributed by atoms with van der Waals surface area (Å²) in [5.41, 5.74) is 1.79. The number of benzene rings is 1. The maximum atomic E-state index is 6.03. The van der Waals surface area contributed by atoms with Gasteiger partial charge >= 0.3 is 0 Å². The number of fused-ring (bicyclic) bond motifs is 1. The van der Waals surface area contributed by atoms with E-state index in [9.17, 15) is 0 Å². The van der Waals surface area contributed by atoms with Gasteiger partial charge in [-0.3, -0.25) is 0 Å². The minimum atomic E-state index is -0.00488. The average molecular weight is 257 g/mol. The van der Waals surface area contributed by atoms with Crippen molar-refractivity contribution in [2.45, 2.75) is 32.1 Å². The van der Waals surface area contributed by atoms with Crippen LogP contribution in [0.25, 0.3) is 11.0 Å². The van der Waals surface area contributed by atoms with Crippen molar-refractivity contribution < 1.29 is 4.42 Å². The quantitative estimate of drug-likeness (QED) is 0.646. The minimum Gasteiger partial charge on any atom is -0.460 e. The zero-order chi connectivity index (χ0) is 11.9. The molecule has 1 aromatic heterocycles. The van der Waals surface area contributed by atoms with E-state index in [0.29, 0.717) is 10.9 Å². The van der Waals surface area contributed by atoms with Gasteiger partial charge in [0.25, 0.3) is 0 Å². The highest BCUT2D eigenvalue weighted by Gasteiger charge is 2.20. The molecule has 1 aromatic carbocycles. The molecule has 16 heavy (non-hydrogen) atoms. The summed E-state index contributed by atoms with van der Waals surface area (Å²) in [4.78, 5) is 0. The van der Waals surface area contributed by atoms with Gasteiger partial charge in [-0.2, -0.15) is 0 Å². The maximum absolute atomic E-state index is 6.03. The first kappa shape index (κ1) is 11.8. The van der Waals surface area contributed by atoms with E-state index in [0.717, 1.165) is 22.3 Å². The SMILES string of the molecule is CC(C)(C)c1cc2cc(Cl)cc(CCl)c2o1. The maximum Gasteiger partial charge on any atom is 0.138 e. The molecule has 1 heterocycles. The standard InChI is InChI=1S/C13H14Cl2O/c1-13(2,3)11-6-8-4-10(15)5-9(7-14)12(8)16-11/h4-6H,7H2,1-3H3. The monoisotopic (exact) mass is 256 g/mol. The molecule has 0 fully saturated rings. The minimum absolute atomic E-state index is 0.00488. The molecule has 2 aromatic rings. The van der Waals surface area contributed by atoms with Crippen molar-refractivity contribution in [3.05, 3.63) is 34.5 Å². The normalized spacial score (nSPS) is 12.3. The second-order valence-electron chi connectivity index (χ2n) is 4.98. The van der Waals surface area contributed by atoms with Crippen LogP contribution in [-0.2, 0) is 11.3 Å². The van der Waals surface area contributed by atoms with E-state index < -0.39 is 0 Å². The summed E-state index contributed by atoms with van der Waals surface area (Å²) < 4.78 is 5.87. The first-order valence-corrected chi connectivity index (χ1v) is 6.11.